The third-order valence-electron chi connectivity index (χ3n) is 4.28. The molecule has 0 bridgehead atoms. The van der Waals surface area contributed by atoms with Crippen molar-refractivity contribution < 1.29 is 0 Å². The average Bonchev–Trinajstić information content (AvgIpc) is 3.31. The quantitative estimate of drug-likeness (QED) is 0.229. The number of H-pyrrole nitrogens is 1. The maximum absolute atomic E-state index is 4.50. The number of imidazole rings is 1. The Labute approximate surface area is 183 Å². The van der Waals surface area contributed by atoms with E-state index in [0.29, 0.717) is 6.54 Å². The molecule has 0 radical (unpaired) electrons. The lowest BCUT2D eigenvalue weighted by Crippen LogP contribution is -2.39. The maximum atomic E-state index is 4.50. The first-order chi connectivity index (χ1) is 13.2. The predicted octanol–water partition coefficient (Wildman–Crippen LogP) is 3.30. The van der Waals surface area contributed by atoms with Gasteiger partial charge in [0, 0.05) is 33.4 Å². The van der Waals surface area contributed by atoms with Gasteiger partial charge in [0.1, 0.15) is 5.82 Å². The van der Waals surface area contributed by atoms with Gasteiger partial charge in [0.2, 0.25) is 0 Å². The summed E-state index contributed by atoms with van der Waals surface area (Å²) in [6.45, 7) is 4.44. The lowest BCUT2D eigenvalue weighted by molar-refractivity contribution is 0.459. The Hall–Kier alpha value is -2.36. The van der Waals surface area contributed by atoms with Crippen LogP contribution in [0.1, 0.15) is 17.8 Å². The van der Waals surface area contributed by atoms with Crippen molar-refractivity contribution in [3.63, 3.8) is 0 Å². The first-order valence-electron chi connectivity index (χ1n) is 9.16. The van der Waals surface area contributed by atoms with Gasteiger partial charge in [0.05, 0.1) is 24.6 Å². The molecule has 0 unspecified atom stereocenters. The third-order valence-corrected chi connectivity index (χ3v) is 4.28. The summed E-state index contributed by atoms with van der Waals surface area (Å²) in [5.74, 6) is 1.76. The lowest BCUT2D eigenvalue weighted by atomic mass is 10.2. The number of hydrogen-bond acceptors (Lipinski definition) is 3. The number of aryl methyl sites for hydroxylation is 2. The molecule has 2 aromatic heterocycles. The third kappa shape index (κ3) is 6.08. The van der Waals surface area contributed by atoms with Gasteiger partial charge >= 0.3 is 0 Å². The van der Waals surface area contributed by atoms with E-state index in [1.165, 1.54) is 5.56 Å². The summed E-state index contributed by atoms with van der Waals surface area (Å²) in [6, 6.07) is 10.2. The van der Waals surface area contributed by atoms with Gasteiger partial charge in [-0.2, -0.15) is 5.10 Å². The highest BCUT2D eigenvalue weighted by molar-refractivity contribution is 14.0. The van der Waals surface area contributed by atoms with Gasteiger partial charge in [-0.1, -0.05) is 30.3 Å². The summed E-state index contributed by atoms with van der Waals surface area (Å²) in [5, 5.41) is 7.70. The van der Waals surface area contributed by atoms with Crippen molar-refractivity contribution in [3.05, 3.63) is 60.3 Å². The van der Waals surface area contributed by atoms with E-state index in [0.717, 1.165) is 42.6 Å². The molecule has 0 aliphatic heterocycles. The monoisotopic (exact) mass is 493 g/mol. The molecule has 150 valence electrons. The van der Waals surface area contributed by atoms with Gasteiger partial charge in [0.15, 0.2) is 5.96 Å². The van der Waals surface area contributed by atoms with Crippen molar-refractivity contribution in [3.8, 4) is 11.3 Å². The number of rotatable bonds is 7. The zero-order valence-corrected chi connectivity index (χ0v) is 18.9. The number of nitrogens with one attached hydrogen (secondary N) is 2. The molecular formula is C20H28IN7. The van der Waals surface area contributed by atoms with Gasteiger partial charge in [-0.05, 0) is 24.5 Å². The minimum atomic E-state index is 0. The van der Waals surface area contributed by atoms with Crippen molar-refractivity contribution >= 4 is 29.9 Å². The number of hydrogen-bond donors (Lipinski definition) is 2. The molecule has 2 heterocycles. The molecule has 8 heteroatoms. The van der Waals surface area contributed by atoms with Crippen molar-refractivity contribution in [2.24, 2.45) is 4.99 Å². The molecular weight excluding hydrogens is 465 g/mol. The predicted molar refractivity (Wildman–Crippen MR) is 124 cm³/mol. The van der Waals surface area contributed by atoms with Gasteiger partial charge < -0.3 is 15.2 Å². The molecule has 0 spiro atoms. The lowest BCUT2D eigenvalue weighted by Gasteiger charge is -2.21. The van der Waals surface area contributed by atoms with E-state index < -0.39 is 0 Å². The summed E-state index contributed by atoms with van der Waals surface area (Å²) in [4.78, 5) is 14.3. The fourth-order valence-corrected chi connectivity index (χ4v) is 2.92. The fraction of sp³-hybridized carbons (Fsp3) is 0.350. The Morgan fingerprint density at radius 2 is 2.04 bits per heavy atom. The standard InChI is InChI=1S/C20H27N7.HI/c1-16-12-24-27(14-16)11-7-10-22-20(21-2)26(3)15-19-23-13-18(25-19)17-8-5-4-6-9-17;/h4-6,8-9,12-14H,7,10-11,15H2,1-3H3,(H,21,22)(H,23,25);1H. The fourth-order valence-electron chi connectivity index (χ4n) is 2.92. The molecule has 0 saturated carbocycles. The van der Waals surface area contributed by atoms with Crippen LogP contribution in [0.4, 0.5) is 0 Å². The Balaban J connectivity index is 0.00000280. The van der Waals surface area contributed by atoms with E-state index in [1.807, 2.05) is 42.3 Å². The van der Waals surface area contributed by atoms with Gasteiger partial charge in [-0.15, -0.1) is 24.0 Å². The Kier molecular flexibility index (Phi) is 8.49. The number of aliphatic imine (C=N–C) groups is 1. The molecule has 0 saturated heterocycles. The Bertz CT molecular complexity index is 870. The number of benzene rings is 1. The average molecular weight is 493 g/mol. The summed E-state index contributed by atoms with van der Waals surface area (Å²) < 4.78 is 1.97. The molecule has 3 rings (SSSR count). The molecule has 0 aliphatic carbocycles. The second kappa shape index (κ2) is 10.8. The largest absolute Gasteiger partial charge is 0.356 e. The van der Waals surface area contributed by atoms with Crippen LogP contribution in [0.3, 0.4) is 0 Å². The second-order valence-corrected chi connectivity index (χ2v) is 6.57. The topological polar surface area (TPSA) is 74.1 Å². The Morgan fingerprint density at radius 3 is 2.71 bits per heavy atom. The van der Waals surface area contributed by atoms with Crippen LogP contribution < -0.4 is 5.32 Å². The second-order valence-electron chi connectivity index (χ2n) is 6.57. The molecule has 1 aromatic carbocycles. The van der Waals surface area contributed by atoms with Crippen molar-refractivity contribution in [2.45, 2.75) is 26.4 Å². The van der Waals surface area contributed by atoms with Gasteiger partial charge in [-0.3, -0.25) is 9.67 Å². The van der Waals surface area contributed by atoms with Crippen LogP contribution in [0.5, 0.6) is 0 Å². The van der Waals surface area contributed by atoms with Crippen molar-refractivity contribution in [1.29, 1.82) is 0 Å². The first-order valence-corrected chi connectivity index (χ1v) is 9.16. The molecule has 0 amide bonds. The highest BCUT2D eigenvalue weighted by Gasteiger charge is 2.09. The number of aromatic nitrogens is 4. The summed E-state index contributed by atoms with van der Waals surface area (Å²) in [5.41, 5.74) is 3.35. The normalized spacial score (nSPS) is 11.2. The Morgan fingerprint density at radius 1 is 1.25 bits per heavy atom. The molecule has 7 nitrogen and oxygen atoms in total. The number of halogens is 1. The smallest absolute Gasteiger partial charge is 0.193 e. The van der Waals surface area contributed by atoms with E-state index in [2.05, 4.69) is 55.5 Å². The molecule has 0 fully saturated rings. The van der Waals surface area contributed by atoms with Crippen LogP contribution in [-0.4, -0.2) is 51.2 Å². The molecule has 0 aliphatic rings. The van der Waals surface area contributed by atoms with E-state index in [1.54, 1.807) is 7.05 Å². The molecule has 3 aromatic rings. The van der Waals surface area contributed by atoms with Crippen LogP contribution in [0.25, 0.3) is 11.3 Å². The number of guanidine groups is 1. The van der Waals surface area contributed by atoms with E-state index in [-0.39, 0.29) is 24.0 Å². The van der Waals surface area contributed by atoms with Gasteiger partial charge in [0.25, 0.3) is 0 Å². The number of nitrogens with zero attached hydrogens (tertiary/aromatic N) is 5. The highest BCUT2D eigenvalue weighted by atomic mass is 127. The van der Waals surface area contributed by atoms with Crippen molar-refractivity contribution in [1.82, 2.24) is 30.0 Å². The summed E-state index contributed by atoms with van der Waals surface area (Å²) >= 11 is 0. The van der Waals surface area contributed by atoms with Crippen LogP contribution in [0.2, 0.25) is 0 Å². The zero-order chi connectivity index (χ0) is 19.1. The van der Waals surface area contributed by atoms with Gasteiger partial charge in [-0.25, -0.2) is 4.98 Å². The van der Waals surface area contributed by atoms with Crippen LogP contribution in [0.15, 0.2) is 53.9 Å². The molecule has 28 heavy (non-hydrogen) atoms. The molecule has 2 N–H and O–H groups in total. The number of aromatic amines is 1. The zero-order valence-electron chi connectivity index (χ0n) is 16.6. The highest BCUT2D eigenvalue weighted by Crippen LogP contribution is 2.16. The van der Waals surface area contributed by atoms with Crippen LogP contribution in [0, 0.1) is 6.92 Å². The SMILES string of the molecule is CN=C(NCCCn1cc(C)cn1)N(C)Cc1ncc(-c2ccccc2)[nH]1.I. The summed E-state index contributed by atoms with van der Waals surface area (Å²) in [7, 11) is 3.81. The van der Waals surface area contributed by atoms with Crippen LogP contribution >= 0.6 is 24.0 Å². The minimum absolute atomic E-state index is 0. The summed E-state index contributed by atoms with van der Waals surface area (Å²) in [6.07, 6.45) is 6.79. The molecule has 0 atom stereocenters. The first kappa shape index (κ1) is 21.9. The van der Waals surface area contributed by atoms with Crippen LogP contribution in [-0.2, 0) is 13.1 Å². The van der Waals surface area contributed by atoms with E-state index >= 15 is 0 Å². The minimum Gasteiger partial charge on any atom is -0.356 e. The van der Waals surface area contributed by atoms with E-state index in [4.69, 9.17) is 0 Å². The van der Waals surface area contributed by atoms with E-state index in [9.17, 15) is 0 Å². The maximum Gasteiger partial charge on any atom is 0.193 e. The van der Waals surface area contributed by atoms with Crippen molar-refractivity contribution in [2.75, 3.05) is 20.6 Å².